The van der Waals surface area contributed by atoms with Crippen LogP contribution in [0.3, 0.4) is 0 Å². The van der Waals surface area contributed by atoms with E-state index in [4.69, 9.17) is 0 Å². The minimum Gasteiger partial charge on any atom is -0.377 e. The molecule has 0 fully saturated rings. The summed E-state index contributed by atoms with van der Waals surface area (Å²) in [7, 11) is 0. The normalized spacial score (nSPS) is 14.8. The van der Waals surface area contributed by atoms with Crippen LogP contribution < -0.4 is 10.6 Å². The molecule has 2 N–H and O–H groups in total. The zero-order chi connectivity index (χ0) is 14.1. The van der Waals surface area contributed by atoms with Gasteiger partial charge in [0, 0.05) is 10.6 Å². The van der Waals surface area contributed by atoms with Crippen molar-refractivity contribution >= 4 is 28.8 Å². The molecule has 1 unspecified atom stereocenters. The maximum Gasteiger partial charge on any atom is 0.259 e. The number of anilines is 1. The number of hydrogen-bond acceptors (Lipinski definition) is 4. The number of benzene rings is 1. The molecule has 1 aromatic carbocycles. The van der Waals surface area contributed by atoms with E-state index in [9.17, 15) is 9.59 Å². The highest BCUT2D eigenvalue weighted by Crippen LogP contribution is 2.28. The summed E-state index contributed by atoms with van der Waals surface area (Å²) in [5.41, 5.74) is 1.75. The third kappa shape index (κ3) is 2.20. The lowest BCUT2D eigenvalue weighted by molar-refractivity contribution is 0.0879. The molecule has 0 spiro atoms. The van der Waals surface area contributed by atoms with E-state index in [1.165, 1.54) is 4.88 Å². The van der Waals surface area contributed by atoms with Crippen molar-refractivity contribution in [1.82, 2.24) is 5.32 Å². The highest BCUT2D eigenvalue weighted by molar-refractivity contribution is 7.10. The number of rotatable bonds is 4. The van der Waals surface area contributed by atoms with E-state index < -0.39 is 0 Å². The van der Waals surface area contributed by atoms with Crippen molar-refractivity contribution < 1.29 is 9.59 Å². The molecule has 20 heavy (non-hydrogen) atoms. The lowest BCUT2D eigenvalue weighted by atomic mass is 10.1. The maximum atomic E-state index is 11.7. The van der Waals surface area contributed by atoms with Crippen LogP contribution in [0.5, 0.6) is 0 Å². The van der Waals surface area contributed by atoms with Crippen molar-refractivity contribution in [2.75, 3.05) is 5.32 Å². The average molecular weight is 286 g/mol. The standard InChI is InChI=1S/C15H14N2O2S/c1-2-12(13-4-3-7-20-13)16-9-5-6-10-11(8-9)15(19)17-14(10)18/h3-8,12,16H,2H2,1H3,(H,17,18,19). The first-order valence-electron chi connectivity index (χ1n) is 6.48. The van der Waals surface area contributed by atoms with Gasteiger partial charge < -0.3 is 5.32 Å². The number of fused-ring (bicyclic) bond motifs is 1. The van der Waals surface area contributed by atoms with Crippen LogP contribution in [0.4, 0.5) is 5.69 Å². The van der Waals surface area contributed by atoms with Gasteiger partial charge >= 0.3 is 0 Å². The summed E-state index contributed by atoms with van der Waals surface area (Å²) in [4.78, 5) is 24.4. The summed E-state index contributed by atoms with van der Waals surface area (Å²) in [6.07, 6.45) is 0.947. The minimum atomic E-state index is -0.321. The second-order valence-corrected chi connectivity index (χ2v) is 5.64. The monoisotopic (exact) mass is 286 g/mol. The molecule has 0 saturated heterocycles. The SMILES string of the molecule is CCC(Nc1ccc2c(c1)C(=O)NC2=O)c1cccs1. The first-order valence-corrected chi connectivity index (χ1v) is 7.36. The van der Waals surface area contributed by atoms with Crippen molar-refractivity contribution in [3.05, 3.63) is 51.7 Å². The van der Waals surface area contributed by atoms with Crippen molar-refractivity contribution in [2.24, 2.45) is 0 Å². The zero-order valence-electron chi connectivity index (χ0n) is 11.0. The van der Waals surface area contributed by atoms with Crippen LogP contribution in [-0.4, -0.2) is 11.8 Å². The van der Waals surface area contributed by atoms with Crippen LogP contribution in [0, 0.1) is 0 Å². The summed E-state index contributed by atoms with van der Waals surface area (Å²) >= 11 is 1.71. The van der Waals surface area contributed by atoms with Gasteiger partial charge in [-0.3, -0.25) is 14.9 Å². The van der Waals surface area contributed by atoms with Gasteiger partial charge in [-0.25, -0.2) is 0 Å². The molecule has 0 saturated carbocycles. The van der Waals surface area contributed by atoms with E-state index in [1.807, 2.05) is 12.1 Å². The van der Waals surface area contributed by atoms with Crippen LogP contribution in [0.1, 0.15) is 45.0 Å². The Balaban J connectivity index is 1.87. The van der Waals surface area contributed by atoms with Gasteiger partial charge in [0.25, 0.3) is 11.8 Å². The molecule has 1 aromatic heterocycles. The fourth-order valence-corrected chi connectivity index (χ4v) is 3.18. The maximum absolute atomic E-state index is 11.7. The van der Waals surface area contributed by atoms with Crippen molar-refractivity contribution in [1.29, 1.82) is 0 Å². The number of hydrogen-bond donors (Lipinski definition) is 2. The molecule has 1 aliphatic rings. The van der Waals surface area contributed by atoms with Crippen molar-refractivity contribution in [3.8, 4) is 0 Å². The predicted octanol–water partition coefficient (Wildman–Crippen LogP) is 3.19. The first-order chi connectivity index (χ1) is 9.69. The third-order valence-electron chi connectivity index (χ3n) is 3.37. The minimum absolute atomic E-state index is 0.216. The van der Waals surface area contributed by atoms with E-state index in [-0.39, 0.29) is 17.9 Å². The summed E-state index contributed by atoms with van der Waals surface area (Å²) in [6, 6.07) is 9.61. The Hall–Kier alpha value is -2.14. The van der Waals surface area contributed by atoms with E-state index in [0.29, 0.717) is 11.1 Å². The van der Waals surface area contributed by atoms with Gasteiger partial charge in [-0.2, -0.15) is 0 Å². The Bertz CT molecular complexity index is 665. The van der Waals surface area contributed by atoms with Crippen LogP contribution in [0.25, 0.3) is 0 Å². The Morgan fingerprint density at radius 3 is 2.70 bits per heavy atom. The van der Waals surface area contributed by atoms with Gasteiger partial charge in [0.1, 0.15) is 0 Å². The number of carbonyl (C=O) groups excluding carboxylic acids is 2. The van der Waals surface area contributed by atoms with Gasteiger partial charge in [-0.05, 0) is 36.1 Å². The van der Waals surface area contributed by atoms with E-state index >= 15 is 0 Å². The lowest BCUT2D eigenvalue weighted by Gasteiger charge is -2.17. The van der Waals surface area contributed by atoms with E-state index in [0.717, 1.165) is 12.1 Å². The molecular formula is C15H14N2O2S. The topological polar surface area (TPSA) is 58.2 Å². The zero-order valence-corrected chi connectivity index (χ0v) is 11.8. The smallest absolute Gasteiger partial charge is 0.259 e. The molecule has 1 atom stereocenters. The second-order valence-electron chi connectivity index (χ2n) is 4.66. The summed E-state index contributed by atoms with van der Waals surface area (Å²) < 4.78 is 0. The van der Waals surface area contributed by atoms with Crippen molar-refractivity contribution in [2.45, 2.75) is 19.4 Å². The van der Waals surface area contributed by atoms with Crippen LogP contribution in [0.15, 0.2) is 35.7 Å². The Kier molecular flexibility index (Phi) is 3.28. The van der Waals surface area contributed by atoms with Crippen LogP contribution in [-0.2, 0) is 0 Å². The second kappa shape index (κ2) is 5.09. The molecule has 0 radical (unpaired) electrons. The molecule has 0 aliphatic carbocycles. The molecule has 1 aliphatic heterocycles. The summed E-state index contributed by atoms with van der Waals surface area (Å²) in [6.45, 7) is 2.11. The van der Waals surface area contributed by atoms with Gasteiger partial charge in [-0.15, -0.1) is 11.3 Å². The van der Waals surface area contributed by atoms with Crippen LogP contribution >= 0.6 is 11.3 Å². The summed E-state index contributed by atoms with van der Waals surface area (Å²) in [5.74, 6) is -0.639. The number of nitrogens with one attached hydrogen (secondary N) is 2. The highest BCUT2D eigenvalue weighted by Gasteiger charge is 2.26. The number of amides is 2. The van der Waals surface area contributed by atoms with Gasteiger partial charge in [0.2, 0.25) is 0 Å². The molecule has 102 valence electrons. The fourth-order valence-electron chi connectivity index (χ4n) is 2.32. The summed E-state index contributed by atoms with van der Waals surface area (Å²) in [5, 5.41) is 7.77. The number of carbonyl (C=O) groups is 2. The Labute approximate surface area is 120 Å². The molecule has 4 nitrogen and oxygen atoms in total. The molecule has 2 aromatic rings. The highest BCUT2D eigenvalue weighted by atomic mass is 32.1. The largest absolute Gasteiger partial charge is 0.377 e. The number of thiophene rings is 1. The van der Waals surface area contributed by atoms with Gasteiger partial charge in [0.05, 0.1) is 17.2 Å². The predicted molar refractivity (Wildman–Crippen MR) is 79.2 cm³/mol. The quantitative estimate of drug-likeness (QED) is 0.849. The molecule has 2 amide bonds. The molecule has 0 bridgehead atoms. The average Bonchev–Trinajstić information content (AvgIpc) is 3.06. The van der Waals surface area contributed by atoms with Gasteiger partial charge in [0.15, 0.2) is 0 Å². The lowest BCUT2D eigenvalue weighted by Crippen LogP contribution is -2.19. The van der Waals surface area contributed by atoms with Crippen LogP contribution in [0.2, 0.25) is 0 Å². The van der Waals surface area contributed by atoms with E-state index in [1.54, 1.807) is 23.5 Å². The fraction of sp³-hybridized carbons (Fsp3) is 0.200. The first kappa shape index (κ1) is 12.9. The number of imide groups is 1. The molecule has 2 heterocycles. The Morgan fingerprint density at radius 2 is 2.00 bits per heavy atom. The van der Waals surface area contributed by atoms with E-state index in [2.05, 4.69) is 29.0 Å². The van der Waals surface area contributed by atoms with Crippen molar-refractivity contribution in [3.63, 3.8) is 0 Å². The third-order valence-corrected chi connectivity index (χ3v) is 4.36. The van der Waals surface area contributed by atoms with Gasteiger partial charge in [-0.1, -0.05) is 13.0 Å². The Morgan fingerprint density at radius 1 is 1.20 bits per heavy atom. The molecular weight excluding hydrogens is 272 g/mol. The molecule has 5 heteroatoms. The molecule has 3 rings (SSSR count).